The van der Waals surface area contributed by atoms with Crippen LogP contribution in [0.1, 0.15) is 38.4 Å². The molecule has 3 rings (SSSR count). The highest BCUT2D eigenvalue weighted by atomic mass is 79.9. The maximum Gasteiger partial charge on any atom is 0.270 e. The first-order valence-corrected chi connectivity index (χ1v) is 10.1. The summed E-state index contributed by atoms with van der Waals surface area (Å²) in [6, 6.07) is 9.72. The lowest BCUT2D eigenvalue weighted by Gasteiger charge is -2.29. The largest absolute Gasteiger partial charge is 0.457 e. The zero-order valence-electron chi connectivity index (χ0n) is 15.9. The van der Waals surface area contributed by atoms with Gasteiger partial charge in [0.05, 0.1) is 4.92 Å². The number of nitro benzene ring substituents is 1. The van der Waals surface area contributed by atoms with Crippen LogP contribution in [0.2, 0.25) is 0 Å². The molecule has 0 bridgehead atoms. The van der Waals surface area contributed by atoms with E-state index in [1.54, 1.807) is 18.2 Å². The number of benzene rings is 1. The van der Waals surface area contributed by atoms with Gasteiger partial charge in [-0.3, -0.25) is 14.9 Å². The molecule has 7 nitrogen and oxygen atoms in total. The molecule has 1 fully saturated rings. The molecule has 1 aliphatic carbocycles. The third-order valence-electron chi connectivity index (χ3n) is 5.14. The summed E-state index contributed by atoms with van der Waals surface area (Å²) in [6.45, 7) is 2.11. The number of carbonyl (C=O) groups is 1. The van der Waals surface area contributed by atoms with Crippen molar-refractivity contribution in [2.75, 3.05) is 0 Å². The van der Waals surface area contributed by atoms with Crippen molar-refractivity contribution < 1.29 is 14.1 Å². The molecular weight excluding hydrogens is 438 g/mol. The Morgan fingerprint density at radius 2 is 2.10 bits per heavy atom. The van der Waals surface area contributed by atoms with E-state index in [0.29, 0.717) is 27.5 Å². The number of amides is 1. The van der Waals surface area contributed by atoms with Crippen LogP contribution in [0.4, 0.5) is 5.69 Å². The first kappa shape index (κ1) is 20.8. The number of carbonyl (C=O) groups excluding carboxylic acids is 1. The monoisotopic (exact) mass is 457 g/mol. The Morgan fingerprint density at radius 3 is 2.76 bits per heavy atom. The Labute approximate surface area is 176 Å². The second-order valence-electron chi connectivity index (χ2n) is 7.13. The van der Waals surface area contributed by atoms with E-state index in [1.807, 2.05) is 6.07 Å². The third kappa shape index (κ3) is 4.93. The quantitative estimate of drug-likeness (QED) is 0.286. The normalized spacial score (nSPS) is 19.4. The van der Waals surface area contributed by atoms with Gasteiger partial charge in [0.25, 0.3) is 11.6 Å². The van der Waals surface area contributed by atoms with Crippen molar-refractivity contribution in [1.82, 2.24) is 5.32 Å². The molecule has 0 saturated heterocycles. The van der Waals surface area contributed by atoms with Crippen molar-refractivity contribution >= 4 is 33.6 Å². The minimum absolute atomic E-state index is 0.0218. The van der Waals surface area contributed by atoms with Crippen molar-refractivity contribution in [3.63, 3.8) is 0 Å². The van der Waals surface area contributed by atoms with E-state index in [-0.39, 0.29) is 17.3 Å². The van der Waals surface area contributed by atoms with Gasteiger partial charge in [-0.15, -0.1) is 0 Å². The number of furan rings is 1. The van der Waals surface area contributed by atoms with E-state index in [4.69, 9.17) is 4.42 Å². The van der Waals surface area contributed by atoms with Gasteiger partial charge in [0, 0.05) is 34.3 Å². The second kappa shape index (κ2) is 9.05. The third-order valence-corrected chi connectivity index (χ3v) is 5.79. The summed E-state index contributed by atoms with van der Waals surface area (Å²) in [7, 11) is 0. The predicted molar refractivity (Wildman–Crippen MR) is 112 cm³/mol. The molecule has 150 valence electrons. The van der Waals surface area contributed by atoms with Crippen LogP contribution in [0.15, 0.2) is 44.8 Å². The number of nitrogens with one attached hydrogen (secondary N) is 1. The topological polar surface area (TPSA) is 109 Å². The molecule has 1 aliphatic rings. The molecule has 1 saturated carbocycles. The fraction of sp³-hybridized carbons (Fsp3) is 0.333. The van der Waals surface area contributed by atoms with Crippen LogP contribution in [-0.4, -0.2) is 16.9 Å². The van der Waals surface area contributed by atoms with E-state index in [0.717, 1.165) is 19.3 Å². The molecule has 0 spiro atoms. The predicted octanol–water partition coefficient (Wildman–Crippen LogP) is 5.22. The molecule has 2 aromatic rings. The molecule has 1 heterocycles. The summed E-state index contributed by atoms with van der Waals surface area (Å²) in [5, 5.41) is 23.2. The number of rotatable bonds is 5. The first-order chi connectivity index (χ1) is 13.9. The molecule has 2 atom stereocenters. The van der Waals surface area contributed by atoms with Gasteiger partial charge >= 0.3 is 0 Å². The van der Waals surface area contributed by atoms with Gasteiger partial charge in [-0.2, -0.15) is 5.26 Å². The van der Waals surface area contributed by atoms with Crippen molar-refractivity contribution in [2.24, 2.45) is 5.92 Å². The fourth-order valence-corrected chi connectivity index (χ4v) is 4.02. The first-order valence-electron chi connectivity index (χ1n) is 9.36. The van der Waals surface area contributed by atoms with Crippen LogP contribution in [0, 0.1) is 27.4 Å². The lowest BCUT2D eigenvalue weighted by Crippen LogP contribution is -2.41. The molecule has 0 unspecified atom stereocenters. The van der Waals surface area contributed by atoms with Crippen molar-refractivity contribution in [2.45, 2.75) is 38.6 Å². The second-order valence-corrected chi connectivity index (χ2v) is 7.99. The van der Waals surface area contributed by atoms with E-state index in [2.05, 4.69) is 28.2 Å². The van der Waals surface area contributed by atoms with Crippen LogP contribution in [0.3, 0.4) is 0 Å². The molecule has 0 aliphatic heterocycles. The van der Waals surface area contributed by atoms with E-state index >= 15 is 0 Å². The minimum atomic E-state index is -0.476. The minimum Gasteiger partial charge on any atom is -0.457 e. The van der Waals surface area contributed by atoms with Gasteiger partial charge in [-0.05, 0) is 52.9 Å². The molecule has 1 amide bonds. The summed E-state index contributed by atoms with van der Waals surface area (Å²) < 4.78 is 6.25. The van der Waals surface area contributed by atoms with Crippen LogP contribution in [0.5, 0.6) is 0 Å². The maximum absolute atomic E-state index is 12.5. The SMILES string of the molecule is C[C@H]1CCCC[C@@H]1NC(=O)/C(C#N)=C/c1ccc(-c2ccc([N+](=O)[O-])cc2Br)o1. The summed E-state index contributed by atoms with van der Waals surface area (Å²) in [5.41, 5.74) is 0.577. The van der Waals surface area contributed by atoms with Gasteiger partial charge in [-0.25, -0.2) is 0 Å². The van der Waals surface area contributed by atoms with E-state index in [1.165, 1.54) is 24.6 Å². The molecule has 1 aromatic carbocycles. The van der Waals surface area contributed by atoms with Crippen LogP contribution < -0.4 is 5.32 Å². The molecule has 29 heavy (non-hydrogen) atoms. The van der Waals surface area contributed by atoms with Crippen molar-refractivity contribution in [1.29, 1.82) is 5.26 Å². The molecule has 8 heteroatoms. The van der Waals surface area contributed by atoms with Gasteiger partial charge in [-0.1, -0.05) is 19.8 Å². The molecular formula is C21H20BrN3O4. The number of hydrogen-bond acceptors (Lipinski definition) is 5. The zero-order valence-corrected chi connectivity index (χ0v) is 17.4. The Balaban J connectivity index is 1.78. The number of nitrogens with zero attached hydrogens (tertiary/aromatic N) is 2. The van der Waals surface area contributed by atoms with Gasteiger partial charge < -0.3 is 9.73 Å². The van der Waals surface area contributed by atoms with Gasteiger partial charge in [0.2, 0.25) is 0 Å². The lowest BCUT2D eigenvalue weighted by atomic mass is 9.86. The maximum atomic E-state index is 12.5. The lowest BCUT2D eigenvalue weighted by molar-refractivity contribution is -0.384. The summed E-state index contributed by atoms with van der Waals surface area (Å²) in [6.07, 6.45) is 5.65. The van der Waals surface area contributed by atoms with Gasteiger partial charge in [0.1, 0.15) is 23.2 Å². The number of halogens is 1. The Hall–Kier alpha value is -2.92. The average molecular weight is 458 g/mol. The highest BCUT2D eigenvalue weighted by Crippen LogP contribution is 2.33. The zero-order chi connectivity index (χ0) is 21.0. The van der Waals surface area contributed by atoms with Gasteiger partial charge in [0.15, 0.2) is 0 Å². The standard InChI is InChI=1S/C21H20BrN3O4/c1-13-4-2-3-5-19(13)24-21(26)14(12-23)10-16-7-9-20(29-16)17-8-6-15(25(27)28)11-18(17)22/h6-11,13,19H,2-5H2,1H3,(H,24,26)/b14-10+/t13-,19-/m0/s1. The number of nitriles is 1. The summed E-state index contributed by atoms with van der Waals surface area (Å²) in [4.78, 5) is 22.9. The number of nitro groups is 1. The summed E-state index contributed by atoms with van der Waals surface area (Å²) >= 11 is 3.31. The molecule has 0 radical (unpaired) electrons. The highest BCUT2D eigenvalue weighted by molar-refractivity contribution is 9.10. The number of hydrogen-bond donors (Lipinski definition) is 1. The van der Waals surface area contributed by atoms with Crippen LogP contribution in [0.25, 0.3) is 17.4 Å². The average Bonchev–Trinajstić information content (AvgIpc) is 3.16. The Morgan fingerprint density at radius 1 is 1.34 bits per heavy atom. The highest BCUT2D eigenvalue weighted by Gasteiger charge is 2.24. The number of non-ortho nitro benzene ring substituents is 1. The van der Waals surface area contributed by atoms with Crippen molar-refractivity contribution in [3.05, 3.63) is 56.3 Å². The van der Waals surface area contributed by atoms with Crippen LogP contribution >= 0.6 is 15.9 Å². The van der Waals surface area contributed by atoms with Crippen molar-refractivity contribution in [3.8, 4) is 17.4 Å². The van der Waals surface area contributed by atoms with Crippen LogP contribution in [-0.2, 0) is 4.79 Å². The Kier molecular flexibility index (Phi) is 6.49. The fourth-order valence-electron chi connectivity index (χ4n) is 3.46. The van der Waals surface area contributed by atoms with E-state index < -0.39 is 10.8 Å². The summed E-state index contributed by atoms with van der Waals surface area (Å²) in [5.74, 6) is 0.813. The smallest absolute Gasteiger partial charge is 0.270 e. The molecule has 1 N–H and O–H groups in total. The molecule has 1 aromatic heterocycles. The van der Waals surface area contributed by atoms with E-state index in [9.17, 15) is 20.2 Å². The Bertz CT molecular complexity index is 1010.